The maximum atomic E-state index is 8.89. The monoisotopic (exact) mass is 174 g/mol. The topological polar surface area (TPSA) is 80.3 Å². The Morgan fingerprint density at radius 2 is 1.00 bits per heavy atom. The second-order valence-electron chi connectivity index (χ2n) is 0.983. The van der Waals surface area contributed by atoms with Gasteiger partial charge in [0.05, 0.1) is 0 Å². The maximum Gasteiger partial charge on any atom is 2.00 e. The summed E-state index contributed by atoms with van der Waals surface area (Å²) in [4.78, 5) is 17.8. The molecule has 0 saturated heterocycles. The molecule has 0 saturated carbocycles. The summed E-state index contributed by atoms with van der Waals surface area (Å²) in [6.45, 7) is 1.94. The zero-order valence-electron chi connectivity index (χ0n) is 4.99. The van der Waals surface area contributed by atoms with Crippen LogP contribution in [0.25, 0.3) is 0 Å². The molecule has 0 atom stereocenters. The fourth-order valence-electron chi connectivity index (χ4n) is 0. The molecule has 0 rings (SSSR count). The van der Waals surface area contributed by atoms with Gasteiger partial charge in [0.2, 0.25) is 0 Å². The fraction of sp³-hybridized carbons (Fsp3) is 0.500. The van der Waals surface area contributed by atoms with Gasteiger partial charge >= 0.3 is 17.1 Å². The van der Waals surface area contributed by atoms with E-state index in [1.807, 2.05) is 0 Å². The first-order chi connectivity index (χ1) is 3.46. The van der Waals surface area contributed by atoms with Crippen LogP contribution in [0, 0.1) is 0 Å². The second-order valence-corrected chi connectivity index (χ2v) is 0.983. The molecule has 0 radical (unpaired) electrons. The average molecular weight is 174 g/mol. The minimum atomic E-state index is -1.08. The summed E-state index contributed by atoms with van der Waals surface area (Å²) in [5.74, 6) is -2.17. The Bertz CT molecular complexity index is 70.6. The smallest absolute Gasteiger partial charge is 0.550 e. The number of carbonyl (C=O) groups excluding carboxylic acids is 2. The molecule has 54 valence electrons. The predicted octanol–water partition coefficient (Wildman–Crippen LogP) is -2.49. The molecule has 0 aromatic rings. The van der Waals surface area contributed by atoms with Crippen LogP contribution in [-0.4, -0.2) is 11.9 Å². The van der Waals surface area contributed by atoms with E-state index in [2.05, 4.69) is 0 Å². The fourth-order valence-corrected chi connectivity index (χ4v) is 0. The first kappa shape index (κ1) is 15.8. The van der Waals surface area contributed by atoms with Gasteiger partial charge in [0, 0.05) is 11.9 Å². The van der Waals surface area contributed by atoms with Crippen LogP contribution in [0.15, 0.2) is 0 Å². The number of carboxylic acids is 2. The van der Waals surface area contributed by atoms with Gasteiger partial charge in [0.25, 0.3) is 0 Å². The molecule has 0 fully saturated rings. The van der Waals surface area contributed by atoms with Crippen molar-refractivity contribution < 1.29 is 36.9 Å². The van der Waals surface area contributed by atoms with Crippen molar-refractivity contribution in [3.05, 3.63) is 0 Å². The number of aliphatic carboxylic acids is 2. The van der Waals surface area contributed by atoms with Crippen LogP contribution >= 0.6 is 0 Å². The minimum absolute atomic E-state index is 0. The third-order valence-corrected chi connectivity index (χ3v) is 0. The maximum absolute atomic E-state index is 8.89. The van der Waals surface area contributed by atoms with Crippen molar-refractivity contribution in [3.63, 3.8) is 0 Å². The van der Waals surface area contributed by atoms with E-state index in [0.29, 0.717) is 0 Å². The largest absolute Gasteiger partial charge is 2.00 e. The predicted molar refractivity (Wildman–Crippen MR) is 21.4 cm³/mol. The normalized spacial score (nSPS) is 5.56. The Hall–Kier alpha value is -0.541. The molecule has 0 N–H and O–H groups in total. The summed E-state index contributed by atoms with van der Waals surface area (Å²) in [6.07, 6.45) is 0. The van der Waals surface area contributed by atoms with E-state index in [-0.39, 0.29) is 17.1 Å². The Kier molecular flexibility index (Phi) is 18.3. The molecule has 0 aromatic heterocycles. The van der Waals surface area contributed by atoms with E-state index in [0.717, 1.165) is 13.8 Å². The number of hydrogen-bond donors (Lipinski definition) is 0. The van der Waals surface area contributed by atoms with Crippen molar-refractivity contribution in [1.82, 2.24) is 0 Å². The Morgan fingerprint density at radius 3 is 1.00 bits per heavy atom. The molecule has 0 heterocycles. The molecular weight excluding hydrogens is 168 g/mol. The molecule has 0 unspecified atom stereocenters. The summed E-state index contributed by atoms with van der Waals surface area (Å²) in [5.41, 5.74) is 0. The van der Waals surface area contributed by atoms with Crippen LogP contribution in [0.3, 0.4) is 0 Å². The van der Waals surface area contributed by atoms with E-state index in [1.165, 1.54) is 0 Å². The van der Waals surface area contributed by atoms with Gasteiger partial charge < -0.3 is 19.8 Å². The van der Waals surface area contributed by atoms with Gasteiger partial charge in [0.15, 0.2) is 0 Å². The van der Waals surface area contributed by atoms with E-state index >= 15 is 0 Å². The summed E-state index contributed by atoms with van der Waals surface area (Å²) in [7, 11) is 0. The standard InChI is InChI=1S/2C2H4O2.Fe/c2*1-2(3)4;/h2*1H3,(H,3,4);/q;;+2/p-2. The van der Waals surface area contributed by atoms with Gasteiger partial charge in [-0.05, 0) is 13.8 Å². The van der Waals surface area contributed by atoms with Crippen molar-refractivity contribution in [2.24, 2.45) is 0 Å². The molecule has 9 heavy (non-hydrogen) atoms. The minimum Gasteiger partial charge on any atom is -0.550 e. The molecule has 0 amide bonds. The molecule has 4 nitrogen and oxygen atoms in total. The van der Waals surface area contributed by atoms with Crippen LogP contribution in [-0.2, 0) is 26.7 Å². The first-order valence-corrected chi connectivity index (χ1v) is 1.82. The van der Waals surface area contributed by atoms with E-state index < -0.39 is 11.9 Å². The molecule has 0 aliphatic carbocycles. The van der Waals surface area contributed by atoms with Gasteiger partial charge in [-0.1, -0.05) is 0 Å². The average Bonchev–Trinajstić information content (AvgIpc) is 1.25. The Labute approximate surface area is 63.3 Å². The molecular formula is C4H6FeO4. The molecule has 0 aliphatic heterocycles. The van der Waals surface area contributed by atoms with Gasteiger partial charge in [-0.2, -0.15) is 0 Å². The summed E-state index contributed by atoms with van der Waals surface area (Å²) in [5, 5.41) is 17.8. The zero-order chi connectivity index (χ0) is 7.15. The Morgan fingerprint density at radius 1 is 1.00 bits per heavy atom. The van der Waals surface area contributed by atoms with Crippen LogP contribution < -0.4 is 10.2 Å². The summed E-state index contributed by atoms with van der Waals surface area (Å²) < 4.78 is 0. The third kappa shape index (κ3) is 761. The molecule has 0 aliphatic rings. The van der Waals surface area contributed by atoms with Crippen LogP contribution in [0.4, 0.5) is 0 Å². The zero-order valence-corrected chi connectivity index (χ0v) is 6.09. The van der Waals surface area contributed by atoms with Crippen molar-refractivity contribution in [3.8, 4) is 0 Å². The van der Waals surface area contributed by atoms with Crippen molar-refractivity contribution in [2.75, 3.05) is 0 Å². The number of rotatable bonds is 0. The summed E-state index contributed by atoms with van der Waals surface area (Å²) in [6, 6.07) is 0. The van der Waals surface area contributed by atoms with E-state index in [1.54, 1.807) is 0 Å². The molecule has 0 bridgehead atoms. The first-order valence-electron chi connectivity index (χ1n) is 1.82. The Balaban J connectivity index is -0.0000000720. The summed E-state index contributed by atoms with van der Waals surface area (Å²) >= 11 is 0. The van der Waals surface area contributed by atoms with Crippen molar-refractivity contribution >= 4 is 11.9 Å². The van der Waals surface area contributed by atoms with Gasteiger partial charge in [0.1, 0.15) is 0 Å². The van der Waals surface area contributed by atoms with Crippen LogP contribution in [0.5, 0.6) is 0 Å². The van der Waals surface area contributed by atoms with Crippen molar-refractivity contribution in [1.29, 1.82) is 0 Å². The quantitative estimate of drug-likeness (QED) is 0.380. The van der Waals surface area contributed by atoms with E-state index in [4.69, 9.17) is 19.8 Å². The second kappa shape index (κ2) is 10.4. The number of hydrogen-bond acceptors (Lipinski definition) is 4. The third-order valence-electron chi connectivity index (χ3n) is 0. The van der Waals surface area contributed by atoms with Gasteiger partial charge in [-0.15, -0.1) is 0 Å². The van der Waals surface area contributed by atoms with E-state index in [9.17, 15) is 0 Å². The number of carbonyl (C=O) groups is 2. The molecule has 0 aromatic carbocycles. The molecule has 5 heteroatoms. The van der Waals surface area contributed by atoms with Crippen LogP contribution in [0.2, 0.25) is 0 Å². The van der Waals surface area contributed by atoms with Gasteiger partial charge in [-0.3, -0.25) is 0 Å². The SMILES string of the molecule is CC(=O)[O-].CC(=O)[O-].[Fe+2]. The molecule has 0 spiro atoms. The van der Waals surface area contributed by atoms with Gasteiger partial charge in [-0.25, -0.2) is 0 Å². The van der Waals surface area contributed by atoms with Crippen molar-refractivity contribution in [2.45, 2.75) is 13.8 Å². The number of carboxylic acid groups (broad SMARTS) is 2. The van der Waals surface area contributed by atoms with Crippen LogP contribution in [0.1, 0.15) is 13.8 Å².